The summed E-state index contributed by atoms with van der Waals surface area (Å²) in [6.07, 6.45) is 6.28. The van der Waals surface area contributed by atoms with Gasteiger partial charge in [0.15, 0.2) is 9.84 Å². The summed E-state index contributed by atoms with van der Waals surface area (Å²) in [5.41, 5.74) is 3.84. The van der Waals surface area contributed by atoms with E-state index in [1.165, 1.54) is 11.8 Å². The minimum Gasteiger partial charge on any atom is -0.481 e. The molecular formula is C25H29NO4S. The zero-order valence-electron chi connectivity index (χ0n) is 18.0. The van der Waals surface area contributed by atoms with Gasteiger partial charge in [-0.1, -0.05) is 61.9 Å². The van der Waals surface area contributed by atoms with E-state index in [9.17, 15) is 18.3 Å². The molecule has 31 heavy (non-hydrogen) atoms. The summed E-state index contributed by atoms with van der Waals surface area (Å²) >= 11 is 0. The predicted molar refractivity (Wildman–Crippen MR) is 123 cm³/mol. The third-order valence-electron chi connectivity index (χ3n) is 5.71. The largest absolute Gasteiger partial charge is 0.481 e. The number of aliphatic carboxylic acids is 1. The normalized spacial score (nSPS) is 13.6. The number of aryl methyl sites for hydroxylation is 1. The Morgan fingerprint density at radius 3 is 2.29 bits per heavy atom. The first-order valence-electron chi connectivity index (χ1n) is 10.5. The van der Waals surface area contributed by atoms with Crippen molar-refractivity contribution in [2.75, 3.05) is 6.26 Å². The Hall–Kier alpha value is -2.86. The van der Waals surface area contributed by atoms with Gasteiger partial charge in [0.1, 0.15) is 4.75 Å². The van der Waals surface area contributed by atoms with Crippen LogP contribution in [0.4, 0.5) is 0 Å². The molecule has 0 saturated heterocycles. The molecule has 1 atom stereocenters. The van der Waals surface area contributed by atoms with Gasteiger partial charge in [-0.05, 0) is 47.2 Å². The van der Waals surface area contributed by atoms with Crippen molar-refractivity contribution in [2.45, 2.75) is 43.8 Å². The summed E-state index contributed by atoms with van der Waals surface area (Å²) in [5, 5.41) is 9.20. The van der Waals surface area contributed by atoms with Gasteiger partial charge in [0, 0.05) is 24.6 Å². The van der Waals surface area contributed by atoms with E-state index in [0.29, 0.717) is 16.8 Å². The lowest BCUT2D eigenvalue weighted by Gasteiger charge is -2.32. The van der Waals surface area contributed by atoms with Crippen molar-refractivity contribution in [1.82, 2.24) is 4.98 Å². The number of rotatable bonds is 10. The molecule has 0 radical (unpaired) electrons. The predicted octanol–water partition coefficient (Wildman–Crippen LogP) is 4.52. The van der Waals surface area contributed by atoms with E-state index in [2.05, 4.69) is 24.0 Å². The van der Waals surface area contributed by atoms with E-state index < -0.39 is 20.6 Å². The number of aromatic amines is 1. The smallest absolute Gasteiger partial charge is 0.307 e. The lowest BCUT2D eigenvalue weighted by atomic mass is 9.86. The van der Waals surface area contributed by atoms with E-state index in [4.69, 9.17) is 0 Å². The topological polar surface area (TPSA) is 87.2 Å². The number of carbonyl (C=O) groups is 1. The van der Waals surface area contributed by atoms with Crippen LogP contribution < -0.4 is 0 Å². The maximum Gasteiger partial charge on any atom is 0.307 e. The summed E-state index contributed by atoms with van der Waals surface area (Å²) in [6.45, 7) is 2.16. The number of unbranched alkanes of at least 4 members (excludes halogenated alkanes) is 1. The van der Waals surface area contributed by atoms with Crippen molar-refractivity contribution in [2.24, 2.45) is 0 Å². The highest BCUT2D eigenvalue weighted by Gasteiger charge is 2.45. The number of aromatic nitrogens is 1. The summed E-state index contributed by atoms with van der Waals surface area (Å²) in [4.78, 5) is 14.3. The molecule has 1 heterocycles. The highest BCUT2D eigenvalue weighted by atomic mass is 32.2. The summed E-state index contributed by atoms with van der Waals surface area (Å²) in [6, 6.07) is 18.6. The van der Waals surface area contributed by atoms with Gasteiger partial charge < -0.3 is 10.1 Å². The van der Waals surface area contributed by atoms with Crippen LogP contribution >= 0.6 is 0 Å². The molecule has 0 aliphatic carbocycles. The van der Waals surface area contributed by atoms with Gasteiger partial charge in [0.05, 0.1) is 6.42 Å². The van der Waals surface area contributed by atoms with Crippen LogP contribution in [0.3, 0.4) is 0 Å². The molecule has 5 nitrogen and oxygen atoms in total. The Kier molecular flexibility index (Phi) is 7.01. The number of hydrogen-bond acceptors (Lipinski definition) is 3. The van der Waals surface area contributed by atoms with E-state index in [-0.39, 0.29) is 12.8 Å². The van der Waals surface area contributed by atoms with Crippen LogP contribution in [-0.4, -0.2) is 30.7 Å². The lowest BCUT2D eigenvalue weighted by Crippen LogP contribution is -2.39. The molecule has 0 amide bonds. The zero-order valence-corrected chi connectivity index (χ0v) is 18.8. The van der Waals surface area contributed by atoms with Gasteiger partial charge in [0.2, 0.25) is 0 Å². The minimum absolute atomic E-state index is 0.162. The van der Waals surface area contributed by atoms with E-state index in [1.807, 2.05) is 12.1 Å². The number of carboxylic acid groups (broad SMARTS) is 1. The fraction of sp³-hybridized carbons (Fsp3) is 0.320. The monoisotopic (exact) mass is 439 g/mol. The number of sulfone groups is 1. The van der Waals surface area contributed by atoms with E-state index in [0.717, 1.165) is 24.8 Å². The molecule has 0 aliphatic heterocycles. The Morgan fingerprint density at radius 2 is 1.71 bits per heavy atom. The quantitative estimate of drug-likeness (QED) is 0.486. The Labute approximate surface area is 184 Å². The molecule has 6 heteroatoms. The molecule has 3 rings (SSSR count). The standard InChI is InChI=1S/C25H29NO4S/c1-3-4-7-19-11-13-20(14-12-19)18-25(31(2,29)30,23-10-6-15-26-23)22-9-5-8-21(16-22)17-24(27)28/h5-6,8-16,26H,3-4,7,17-18H2,1-2H3,(H,27,28). The van der Waals surface area contributed by atoms with Gasteiger partial charge in [-0.25, -0.2) is 8.42 Å². The SMILES string of the molecule is CCCCc1ccc(CC(c2cccc(CC(=O)O)c2)(c2ccc[nH]2)S(C)(=O)=O)cc1. The van der Waals surface area contributed by atoms with Crippen LogP contribution in [0.15, 0.2) is 66.9 Å². The number of hydrogen-bond donors (Lipinski definition) is 2. The van der Waals surface area contributed by atoms with Crippen molar-refractivity contribution in [3.05, 3.63) is 94.8 Å². The second-order valence-electron chi connectivity index (χ2n) is 8.05. The molecule has 0 aliphatic rings. The van der Waals surface area contributed by atoms with Gasteiger partial charge >= 0.3 is 5.97 Å². The highest BCUT2D eigenvalue weighted by molar-refractivity contribution is 7.91. The van der Waals surface area contributed by atoms with Crippen molar-refractivity contribution < 1.29 is 18.3 Å². The lowest BCUT2D eigenvalue weighted by molar-refractivity contribution is -0.136. The van der Waals surface area contributed by atoms with Crippen LogP contribution in [0.1, 0.15) is 47.7 Å². The van der Waals surface area contributed by atoms with Crippen molar-refractivity contribution in [1.29, 1.82) is 0 Å². The Morgan fingerprint density at radius 1 is 1.00 bits per heavy atom. The molecular weight excluding hydrogens is 410 g/mol. The van der Waals surface area contributed by atoms with Crippen LogP contribution in [0, 0.1) is 0 Å². The average Bonchev–Trinajstić information content (AvgIpc) is 3.25. The molecule has 2 aromatic carbocycles. The molecule has 1 unspecified atom stereocenters. The van der Waals surface area contributed by atoms with Gasteiger partial charge in [-0.2, -0.15) is 0 Å². The molecule has 0 fully saturated rings. The van der Waals surface area contributed by atoms with Crippen molar-refractivity contribution >= 4 is 15.8 Å². The number of H-pyrrole nitrogens is 1. The molecule has 0 bridgehead atoms. The first-order valence-corrected chi connectivity index (χ1v) is 12.4. The summed E-state index contributed by atoms with van der Waals surface area (Å²) in [7, 11) is -3.65. The number of nitrogens with one attached hydrogen (secondary N) is 1. The first kappa shape index (κ1) is 22.8. The fourth-order valence-corrected chi connectivity index (χ4v) is 5.59. The summed E-state index contributed by atoms with van der Waals surface area (Å²) in [5.74, 6) is -0.954. The number of carboxylic acids is 1. The van der Waals surface area contributed by atoms with Crippen LogP contribution in [0.2, 0.25) is 0 Å². The second kappa shape index (κ2) is 9.52. The maximum absolute atomic E-state index is 13.4. The Balaban J connectivity index is 2.12. The van der Waals surface area contributed by atoms with Crippen LogP contribution in [0.25, 0.3) is 0 Å². The third kappa shape index (κ3) is 5.07. The highest BCUT2D eigenvalue weighted by Crippen LogP contribution is 2.40. The molecule has 164 valence electrons. The molecule has 0 spiro atoms. The van der Waals surface area contributed by atoms with E-state index >= 15 is 0 Å². The molecule has 0 saturated carbocycles. The average molecular weight is 440 g/mol. The number of benzene rings is 2. The molecule has 3 aromatic rings. The van der Waals surface area contributed by atoms with Crippen molar-refractivity contribution in [3.63, 3.8) is 0 Å². The summed E-state index contributed by atoms with van der Waals surface area (Å²) < 4.78 is 25.4. The first-order chi connectivity index (χ1) is 14.8. The molecule has 2 N–H and O–H groups in total. The van der Waals surface area contributed by atoms with Gasteiger partial charge in [0.25, 0.3) is 0 Å². The van der Waals surface area contributed by atoms with Gasteiger partial charge in [-0.3, -0.25) is 4.79 Å². The Bertz CT molecular complexity index is 1120. The van der Waals surface area contributed by atoms with E-state index in [1.54, 1.807) is 42.6 Å². The maximum atomic E-state index is 13.4. The second-order valence-corrected chi connectivity index (χ2v) is 10.3. The van der Waals surface area contributed by atoms with Crippen molar-refractivity contribution in [3.8, 4) is 0 Å². The zero-order chi connectivity index (χ0) is 22.5. The minimum atomic E-state index is -3.65. The molecule has 1 aromatic heterocycles. The van der Waals surface area contributed by atoms with Crippen LogP contribution in [-0.2, 0) is 38.6 Å². The third-order valence-corrected chi connectivity index (χ3v) is 7.58. The van der Waals surface area contributed by atoms with Crippen LogP contribution in [0.5, 0.6) is 0 Å². The fourth-order valence-electron chi connectivity index (χ4n) is 4.08. The van der Waals surface area contributed by atoms with Gasteiger partial charge in [-0.15, -0.1) is 0 Å².